The van der Waals surface area contributed by atoms with E-state index in [0.29, 0.717) is 6.10 Å². The molecule has 0 amide bonds. The van der Waals surface area contributed by atoms with Gasteiger partial charge in [-0.2, -0.15) is 0 Å². The van der Waals surface area contributed by atoms with Gasteiger partial charge in [0.15, 0.2) is 0 Å². The second-order valence-electron chi connectivity index (χ2n) is 7.13. The Labute approximate surface area is 154 Å². The summed E-state index contributed by atoms with van der Waals surface area (Å²) in [5, 5.41) is 4.10. The lowest BCUT2D eigenvalue weighted by atomic mass is 9.98. The Morgan fingerprint density at radius 3 is 2.73 bits per heavy atom. The maximum absolute atomic E-state index is 6.23. The number of hydrogen-bond donors (Lipinski definition) is 1. The number of rotatable bonds is 3. The molecule has 26 heavy (non-hydrogen) atoms. The van der Waals surface area contributed by atoms with Crippen molar-refractivity contribution in [2.75, 3.05) is 5.01 Å². The van der Waals surface area contributed by atoms with E-state index in [-0.39, 0.29) is 0 Å². The van der Waals surface area contributed by atoms with Crippen LogP contribution in [0.3, 0.4) is 0 Å². The third-order valence-corrected chi connectivity index (χ3v) is 5.32. The fraction of sp³-hybridized carbons (Fsp3) is 0.273. The third kappa shape index (κ3) is 2.86. The number of benzene rings is 2. The van der Waals surface area contributed by atoms with Gasteiger partial charge >= 0.3 is 0 Å². The second-order valence-corrected chi connectivity index (χ2v) is 7.13. The Hall–Kier alpha value is -2.72. The maximum atomic E-state index is 6.23. The Bertz CT molecular complexity index is 867. The lowest BCUT2D eigenvalue weighted by Gasteiger charge is -2.25. The smallest absolute Gasteiger partial charge is 0.121 e. The van der Waals surface area contributed by atoms with Gasteiger partial charge in [-0.05, 0) is 49.5 Å². The van der Waals surface area contributed by atoms with Gasteiger partial charge in [-0.1, -0.05) is 36.8 Å². The Kier molecular flexibility index (Phi) is 3.91. The van der Waals surface area contributed by atoms with Gasteiger partial charge in [-0.15, -0.1) is 5.53 Å². The van der Waals surface area contributed by atoms with E-state index >= 15 is 0 Å². The van der Waals surface area contributed by atoms with Crippen LogP contribution < -0.4 is 15.3 Å². The van der Waals surface area contributed by atoms with Gasteiger partial charge in [0.2, 0.25) is 0 Å². The second kappa shape index (κ2) is 6.54. The summed E-state index contributed by atoms with van der Waals surface area (Å²) in [5.74, 6) is 0.954. The molecular formula is C22H23N3O. The summed E-state index contributed by atoms with van der Waals surface area (Å²) in [6.07, 6.45) is 13.0. The SMILES string of the molecule is C1=CN2NN(c3cccc(OC4CCCCC4)c3)C=C2c2ccccc21. The molecule has 0 atom stereocenters. The minimum Gasteiger partial charge on any atom is -0.490 e. The van der Waals surface area contributed by atoms with Crippen molar-refractivity contribution in [2.24, 2.45) is 0 Å². The van der Waals surface area contributed by atoms with Crippen molar-refractivity contribution in [1.29, 1.82) is 0 Å². The molecule has 0 saturated heterocycles. The summed E-state index contributed by atoms with van der Waals surface area (Å²) in [7, 11) is 0. The molecule has 0 bridgehead atoms. The van der Waals surface area contributed by atoms with Gasteiger partial charge in [0, 0.05) is 24.0 Å². The molecule has 4 nitrogen and oxygen atoms in total. The number of anilines is 1. The molecule has 1 fully saturated rings. The number of ether oxygens (including phenoxy) is 1. The average molecular weight is 345 g/mol. The highest BCUT2D eigenvalue weighted by atomic mass is 16.5. The molecular weight excluding hydrogens is 322 g/mol. The van der Waals surface area contributed by atoms with E-state index in [2.05, 4.69) is 82.6 Å². The molecule has 0 spiro atoms. The summed E-state index contributed by atoms with van der Waals surface area (Å²) in [6, 6.07) is 16.8. The van der Waals surface area contributed by atoms with Gasteiger partial charge < -0.3 is 4.74 Å². The Balaban J connectivity index is 1.39. The molecule has 132 valence electrons. The molecule has 1 aliphatic carbocycles. The molecule has 4 heteroatoms. The van der Waals surface area contributed by atoms with Crippen LogP contribution in [0.2, 0.25) is 0 Å². The highest BCUT2D eigenvalue weighted by molar-refractivity contribution is 5.80. The van der Waals surface area contributed by atoms with Crippen molar-refractivity contribution in [3.05, 3.63) is 72.1 Å². The first kappa shape index (κ1) is 15.5. The molecule has 5 rings (SSSR count). The lowest BCUT2D eigenvalue weighted by Crippen LogP contribution is -2.37. The van der Waals surface area contributed by atoms with E-state index < -0.39 is 0 Å². The minimum absolute atomic E-state index is 0.366. The van der Waals surface area contributed by atoms with E-state index in [0.717, 1.165) is 17.1 Å². The van der Waals surface area contributed by atoms with Crippen molar-refractivity contribution < 1.29 is 4.74 Å². The third-order valence-electron chi connectivity index (χ3n) is 5.32. The first-order valence-electron chi connectivity index (χ1n) is 9.48. The topological polar surface area (TPSA) is 27.7 Å². The first-order valence-corrected chi connectivity index (χ1v) is 9.48. The van der Waals surface area contributed by atoms with Crippen molar-refractivity contribution in [1.82, 2.24) is 10.5 Å². The molecule has 2 aromatic carbocycles. The number of nitrogens with zero attached hydrogens (tertiary/aromatic N) is 2. The molecule has 0 aromatic heterocycles. The lowest BCUT2D eigenvalue weighted by molar-refractivity contribution is 0.155. The van der Waals surface area contributed by atoms with Crippen LogP contribution in [0.15, 0.2) is 60.9 Å². The van der Waals surface area contributed by atoms with Crippen LogP contribution in [-0.4, -0.2) is 11.1 Å². The predicted molar refractivity (Wildman–Crippen MR) is 105 cm³/mol. The zero-order chi connectivity index (χ0) is 17.3. The molecule has 0 radical (unpaired) electrons. The van der Waals surface area contributed by atoms with Crippen LogP contribution in [0.25, 0.3) is 11.8 Å². The van der Waals surface area contributed by atoms with Gasteiger partial charge in [0.1, 0.15) is 5.75 Å². The molecule has 1 N–H and O–H groups in total. The van der Waals surface area contributed by atoms with Crippen LogP contribution in [0, 0.1) is 0 Å². The number of fused-ring (bicyclic) bond motifs is 3. The predicted octanol–water partition coefficient (Wildman–Crippen LogP) is 4.92. The molecule has 2 aromatic rings. The fourth-order valence-corrected chi connectivity index (χ4v) is 3.94. The monoisotopic (exact) mass is 345 g/mol. The van der Waals surface area contributed by atoms with Crippen LogP contribution in [0.4, 0.5) is 5.69 Å². The van der Waals surface area contributed by atoms with Gasteiger partial charge in [-0.25, -0.2) is 0 Å². The number of hydrogen-bond acceptors (Lipinski definition) is 4. The van der Waals surface area contributed by atoms with E-state index in [9.17, 15) is 0 Å². The van der Waals surface area contributed by atoms with Gasteiger partial charge in [0.25, 0.3) is 0 Å². The van der Waals surface area contributed by atoms with E-state index in [1.54, 1.807) is 0 Å². The fourth-order valence-electron chi connectivity index (χ4n) is 3.94. The Morgan fingerprint density at radius 1 is 0.923 bits per heavy atom. The van der Waals surface area contributed by atoms with E-state index in [1.807, 2.05) is 0 Å². The molecule has 1 saturated carbocycles. The summed E-state index contributed by atoms with van der Waals surface area (Å²) in [6.45, 7) is 0. The Morgan fingerprint density at radius 2 is 1.81 bits per heavy atom. The zero-order valence-electron chi connectivity index (χ0n) is 14.8. The van der Waals surface area contributed by atoms with Crippen LogP contribution in [0.1, 0.15) is 43.2 Å². The summed E-state index contributed by atoms with van der Waals surface area (Å²) < 4.78 is 6.23. The maximum Gasteiger partial charge on any atom is 0.121 e. The van der Waals surface area contributed by atoms with Crippen LogP contribution in [-0.2, 0) is 0 Å². The highest BCUT2D eigenvalue weighted by Crippen LogP contribution is 2.34. The van der Waals surface area contributed by atoms with Gasteiger partial charge in [0.05, 0.1) is 17.5 Å². The number of hydrazine groups is 2. The first-order chi connectivity index (χ1) is 12.9. The number of nitrogens with one attached hydrogen (secondary N) is 1. The van der Waals surface area contributed by atoms with Crippen molar-refractivity contribution in [3.8, 4) is 5.75 Å². The standard InChI is InChI=1S/C22H23N3O/c1-2-9-19(10-3-1)26-20-11-6-8-18(15-20)25-16-22-21-12-5-4-7-17(21)13-14-24(22)23-25/h4-8,11-16,19,23H,1-3,9-10H2. The molecule has 2 heterocycles. The normalized spacial score (nSPS) is 19.2. The summed E-state index contributed by atoms with van der Waals surface area (Å²) >= 11 is 0. The van der Waals surface area contributed by atoms with Crippen LogP contribution in [0.5, 0.6) is 5.75 Å². The largest absolute Gasteiger partial charge is 0.490 e. The average Bonchev–Trinajstić information content (AvgIpc) is 3.14. The van der Waals surface area contributed by atoms with E-state index in [4.69, 9.17) is 4.74 Å². The molecule has 2 aliphatic heterocycles. The van der Waals surface area contributed by atoms with Gasteiger partial charge in [-0.3, -0.25) is 10.0 Å². The van der Waals surface area contributed by atoms with Crippen molar-refractivity contribution in [3.63, 3.8) is 0 Å². The van der Waals surface area contributed by atoms with Crippen LogP contribution >= 0.6 is 0 Å². The highest BCUT2D eigenvalue weighted by Gasteiger charge is 2.25. The zero-order valence-corrected chi connectivity index (χ0v) is 14.8. The summed E-state index contributed by atoms with van der Waals surface area (Å²) in [4.78, 5) is 0. The van der Waals surface area contributed by atoms with E-state index in [1.165, 1.54) is 43.2 Å². The molecule has 0 unspecified atom stereocenters. The summed E-state index contributed by atoms with van der Waals surface area (Å²) in [5.41, 5.74) is 8.12. The molecule has 3 aliphatic rings. The minimum atomic E-state index is 0.366. The van der Waals surface area contributed by atoms with Crippen molar-refractivity contribution in [2.45, 2.75) is 38.2 Å². The van der Waals surface area contributed by atoms with Crippen molar-refractivity contribution >= 4 is 17.5 Å². The quantitative estimate of drug-likeness (QED) is 0.854.